The van der Waals surface area contributed by atoms with Gasteiger partial charge in [0.1, 0.15) is 17.8 Å². The third-order valence-electron chi connectivity index (χ3n) is 11.3. The summed E-state index contributed by atoms with van der Waals surface area (Å²) in [5.74, 6) is -3.92. The van der Waals surface area contributed by atoms with Gasteiger partial charge < -0.3 is 39.0 Å². The Hall–Kier alpha value is -2.54. The first-order valence-electron chi connectivity index (χ1n) is 15.2. The van der Waals surface area contributed by atoms with Crippen LogP contribution in [0.3, 0.4) is 0 Å². The molecule has 43 heavy (non-hydrogen) atoms. The first-order chi connectivity index (χ1) is 20.1. The largest absolute Gasteiger partial charge is 0.508 e. The highest BCUT2D eigenvalue weighted by atomic mass is 16.8. The van der Waals surface area contributed by atoms with Crippen LogP contribution in [0.2, 0.25) is 0 Å². The van der Waals surface area contributed by atoms with Crippen LogP contribution in [0.4, 0.5) is 4.79 Å². The number of hydrogen-bond acceptors (Lipinski definition) is 12. The van der Waals surface area contributed by atoms with E-state index in [9.17, 15) is 34.5 Å². The predicted molar refractivity (Wildman–Crippen MR) is 147 cm³/mol. The molecule has 4 fully saturated rings. The Morgan fingerprint density at radius 1 is 1.02 bits per heavy atom. The van der Waals surface area contributed by atoms with Crippen molar-refractivity contribution in [3.63, 3.8) is 0 Å². The Kier molecular flexibility index (Phi) is 8.02. The van der Waals surface area contributed by atoms with Crippen LogP contribution in [0, 0.1) is 22.7 Å². The van der Waals surface area contributed by atoms with Gasteiger partial charge in [0.25, 0.3) is 0 Å². The number of hydrogen-bond donors (Lipinski definition) is 3. The maximum absolute atomic E-state index is 14.9. The van der Waals surface area contributed by atoms with E-state index in [4.69, 9.17) is 23.7 Å². The van der Waals surface area contributed by atoms with Gasteiger partial charge in [0.05, 0.1) is 43.2 Å². The monoisotopic (exact) mass is 608 g/mol. The molecule has 0 aromatic carbocycles. The lowest BCUT2D eigenvalue weighted by molar-refractivity contribution is -0.346. The molecule has 3 saturated carbocycles. The molecule has 1 aliphatic heterocycles. The highest BCUT2D eigenvalue weighted by molar-refractivity contribution is 5.95. The molecule has 2 bridgehead atoms. The lowest BCUT2D eigenvalue weighted by atomic mass is 9.44. The number of esters is 2. The molecule has 0 aromatic rings. The minimum absolute atomic E-state index is 0.131. The summed E-state index contributed by atoms with van der Waals surface area (Å²) < 4.78 is 28.5. The van der Waals surface area contributed by atoms with Gasteiger partial charge in [-0.05, 0) is 37.8 Å². The lowest BCUT2D eigenvalue weighted by Gasteiger charge is -2.67. The molecule has 0 aromatic heterocycles. The molecule has 3 N–H and O–H groups in total. The summed E-state index contributed by atoms with van der Waals surface area (Å²) in [6.07, 6.45) is -4.50. The number of methoxy groups -OCH3 is 1. The van der Waals surface area contributed by atoms with E-state index in [1.54, 1.807) is 20.8 Å². The molecule has 12 nitrogen and oxygen atoms in total. The number of ether oxygens (including phenoxy) is 5. The zero-order valence-corrected chi connectivity index (χ0v) is 25.7. The lowest BCUT2D eigenvalue weighted by Crippen LogP contribution is -2.82. The number of rotatable bonds is 4. The van der Waals surface area contributed by atoms with Gasteiger partial charge in [0.2, 0.25) is 0 Å². The third-order valence-corrected chi connectivity index (χ3v) is 11.3. The van der Waals surface area contributed by atoms with Crippen molar-refractivity contribution in [1.29, 1.82) is 0 Å². The third kappa shape index (κ3) is 4.54. The van der Waals surface area contributed by atoms with E-state index < -0.39 is 88.3 Å². The second kappa shape index (κ2) is 10.8. The molecular weight excluding hydrogens is 564 g/mol. The summed E-state index contributed by atoms with van der Waals surface area (Å²) in [4.78, 5) is 53.9. The van der Waals surface area contributed by atoms with Gasteiger partial charge in [-0.1, -0.05) is 33.1 Å². The minimum atomic E-state index is -2.08. The summed E-state index contributed by atoms with van der Waals surface area (Å²) >= 11 is 0. The van der Waals surface area contributed by atoms with Crippen LogP contribution in [-0.2, 0) is 38.1 Å². The van der Waals surface area contributed by atoms with E-state index in [2.05, 4.69) is 0 Å². The Morgan fingerprint density at radius 2 is 1.67 bits per heavy atom. The molecule has 0 amide bonds. The zero-order chi connectivity index (χ0) is 31.7. The predicted octanol–water partition coefficient (Wildman–Crippen LogP) is 2.14. The molecule has 5 rings (SSSR count). The molecule has 0 radical (unpaired) electrons. The van der Waals surface area contributed by atoms with Gasteiger partial charge in [0.15, 0.2) is 17.5 Å². The van der Waals surface area contributed by atoms with Gasteiger partial charge in [0, 0.05) is 25.2 Å². The average molecular weight is 609 g/mol. The number of aliphatic hydroxyl groups excluding tert-OH is 2. The fourth-order valence-electron chi connectivity index (χ4n) is 8.64. The highest BCUT2D eigenvalue weighted by Crippen LogP contribution is 2.64. The summed E-state index contributed by atoms with van der Waals surface area (Å²) in [5, 5.41) is 36.0. The quantitative estimate of drug-likeness (QED) is 0.241. The van der Waals surface area contributed by atoms with Crippen LogP contribution < -0.4 is 0 Å². The van der Waals surface area contributed by atoms with Crippen LogP contribution in [0.15, 0.2) is 11.1 Å². The maximum atomic E-state index is 14.9. The van der Waals surface area contributed by atoms with E-state index in [-0.39, 0.29) is 25.0 Å². The second-order valence-corrected chi connectivity index (χ2v) is 13.7. The molecule has 2 unspecified atom stereocenters. The van der Waals surface area contributed by atoms with E-state index in [1.807, 2.05) is 0 Å². The molecule has 5 aliphatic rings. The SMILES string of the molecule is COC(=O)O[C@@]12CO[C@@H]1CC(O)[C@@]1(C)C(=O)[C@H](OC(C)=O)C3=C(C)[C@@H](O)C[C@@](O)([C@@H](OC(=O)C4CCCCC4)C12)C3(C)C. The van der Waals surface area contributed by atoms with Crippen molar-refractivity contribution in [3.8, 4) is 0 Å². The topological polar surface area (TPSA) is 175 Å². The molecule has 240 valence electrons. The fraction of sp³-hybridized carbons (Fsp3) is 0.806. The van der Waals surface area contributed by atoms with E-state index in [0.29, 0.717) is 18.4 Å². The number of carbonyl (C=O) groups excluding carboxylic acids is 4. The maximum Gasteiger partial charge on any atom is 0.508 e. The van der Waals surface area contributed by atoms with Crippen LogP contribution in [-0.4, -0.2) is 94.6 Å². The van der Waals surface area contributed by atoms with Crippen molar-refractivity contribution in [2.24, 2.45) is 22.7 Å². The first-order valence-corrected chi connectivity index (χ1v) is 15.2. The number of fused-ring (bicyclic) bond motifs is 5. The highest BCUT2D eigenvalue weighted by Gasteiger charge is 2.78. The molecule has 9 atom stereocenters. The van der Waals surface area contributed by atoms with Crippen molar-refractivity contribution in [1.82, 2.24) is 0 Å². The molecule has 4 aliphatic carbocycles. The van der Waals surface area contributed by atoms with Crippen molar-refractivity contribution < 1.29 is 58.2 Å². The van der Waals surface area contributed by atoms with Gasteiger partial charge in [-0.2, -0.15) is 0 Å². The van der Waals surface area contributed by atoms with E-state index >= 15 is 0 Å². The smallest absolute Gasteiger partial charge is 0.459 e. The van der Waals surface area contributed by atoms with Crippen molar-refractivity contribution in [3.05, 3.63) is 11.1 Å². The Labute approximate surface area is 251 Å². The fourth-order valence-corrected chi connectivity index (χ4v) is 8.64. The Bertz CT molecular complexity index is 1220. The molecule has 1 saturated heterocycles. The average Bonchev–Trinajstić information content (AvgIpc) is 2.95. The van der Waals surface area contributed by atoms with Crippen LogP contribution in [0.25, 0.3) is 0 Å². The first kappa shape index (κ1) is 31.9. The summed E-state index contributed by atoms with van der Waals surface area (Å²) in [6, 6.07) is 0. The number of ketones is 1. The molecule has 0 spiro atoms. The molecule has 12 heteroatoms. The van der Waals surface area contributed by atoms with Gasteiger partial charge >= 0.3 is 18.1 Å². The Balaban J connectivity index is 1.80. The van der Waals surface area contributed by atoms with Crippen molar-refractivity contribution in [2.45, 2.75) is 121 Å². The number of carbonyl (C=O) groups is 4. The standard InChI is InChI=1S/C31H44O12/c1-15-18(33)13-31(38)25(42-26(36)17-10-8-7-9-11-17)23-29(5,24(35)22(41-16(2)32)21(15)28(31,3)4)19(34)12-20-30(23,14-40-20)43-27(37)39-6/h17-20,22-23,25,33-34,38H,7-14H2,1-6H3/t18-,19?,20+,22+,23?,25-,29+,30-,31+/m0/s1. The molecule has 1 heterocycles. The van der Waals surface area contributed by atoms with Gasteiger partial charge in [-0.25, -0.2) is 4.79 Å². The van der Waals surface area contributed by atoms with E-state index in [0.717, 1.165) is 33.3 Å². The Morgan fingerprint density at radius 3 is 2.23 bits per heavy atom. The number of aliphatic hydroxyl groups is 3. The minimum Gasteiger partial charge on any atom is -0.459 e. The van der Waals surface area contributed by atoms with Gasteiger partial charge in [-0.3, -0.25) is 14.4 Å². The molecular formula is C31H44O12. The summed E-state index contributed by atoms with van der Waals surface area (Å²) in [7, 11) is 1.12. The number of Topliss-reactive ketones (excluding diaryl/α,β-unsaturated/α-hetero) is 1. The van der Waals surface area contributed by atoms with Crippen LogP contribution in [0.5, 0.6) is 0 Å². The van der Waals surface area contributed by atoms with Crippen molar-refractivity contribution >= 4 is 23.9 Å². The zero-order valence-electron chi connectivity index (χ0n) is 25.7. The van der Waals surface area contributed by atoms with Gasteiger partial charge in [-0.15, -0.1) is 0 Å². The van der Waals surface area contributed by atoms with Crippen LogP contribution in [0.1, 0.15) is 79.6 Å². The van der Waals surface area contributed by atoms with Crippen molar-refractivity contribution in [2.75, 3.05) is 13.7 Å². The summed E-state index contributed by atoms with van der Waals surface area (Å²) in [6.45, 7) is 7.27. The summed E-state index contributed by atoms with van der Waals surface area (Å²) in [5.41, 5.74) is -6.54. The van der Waals surface area contributed by atoms with Crippen LogP contribution >= 0.6 is 0 Å². The van der Waals surface area contributed by atoms with E-state index in [1.165, 1.54) is 6.92 Å². The normalized spacial score (nSPS) is 42.3. The second-order valence-electron chi connectivity index (χ2n) is 13.7.